The molecule has 0 radical (unpaired) electrons. The van der Waals surface area contributed by atoms with E-state index in [4.69, 9.17) is 4.74 Å². The largest absolute Gasteiger partial charge is 0.497 e. The number of hydrogen-bond donors (Lipinski definition) is 3. The van der Waals surface area contributed by atoms with Crippen LogP contribution in [-0.2, 0) is 11.2 Å². The van der Waals surface area contributed by atoms with E-state index < -0.39 is 0 Å². The zero-order chi connectivity index (χ0) is 19.5. The number of urea groups is 1. The van der Waals surface area contributed by atoms with Crippen molar-refractivity contribution < 1.29 is 14.3 Å². The first kappa shape index (κ1) is 19.9. The summed E-state index contributed by atoms with van der Waals surface area (Å²) in [6.45, 7) is 2.25. The standard InChI is InChI=1S/C21H23N3O3/c1-16(25)24-19-9-5-17(6-10-19)4-3-14-22-21(26)23-15-13-18-7-11-20(27-2)12-8-18/h5-12H,13-15H2,1-2H3,(H,24,25)(H2,22,23,26). The van der Waals surface area contributed by atoms with Crippen LogP contribution in [0.2, 0.25) is 0 Å². The number of carbonyl (C=O) groups excluding carboxylic acids is 2. The number of hydrogen-bond acceptors (Lipinski definition) is 3. The smallest absolute Gasteiger partial charge is 0.315 e. The summed E-state index contributed by atoms with van der Waals surface area (Å²) in [5.74, 6) is 6.54. The molecule has 0 spiro atoms. The molecule has 0 bridgehead atoms. The molecule has 140 valence electrons. The summed E-state index contributed by atoms with van der Waals surface area (Å²) in [7, 11) is 1.63. The molecule has 0 fully saturated rings. The van der Waals surface area contributed by atoms with Crippen molar-refractivity contribution in [2.24, 2.45) is 0 Å². The number of carbonyl (C=O) groups is 2. The van der Waals surface area contributed by atoms with Crippen molar-refractivity contribution >= 4 is 17.6 Å². The second kappa shape index (κ2) is 10.5. The number of ether oxygens (including phenoxy) is 1. The quantitative estimate of drug-likeness (QED) is 0.689. The summed E-state index contributed by atoms with van der Waals surface area (Å²) in [6.07, 6.45) is 0.740. The molecule has 3 amide bonds. The van der Waals surface area contributed by atoms with Crippen LogP contribution in [0.1, 0.15) is 18.1 Å². The van der Waals surface area contributed by atoms with Gasteiger partial charge in [0.15, 0.2) is 0 Å². The number of amides is 3. The van der Waals surface area contributed by atoms with Gasteiger partial charge in [-0.25, -0.2) is 4.79 Å². The summed E-state index contributed by atoms with van der Waals surface area (Å²) in [6, 6.07) is 14.7. The number of nitrogens with one attached hydrogen (secondary N) is 3. The Morgan fingerprint density at radius 2 is 1.70 bits per heavy atom. The van der Waals surface area contributed by atoms with Crippen LogP contribution in [0.5, 0.6) is 5.75 Å². The fourth-order valence-corrected chi connectivity index (χ4v) is 2.29. The molecule has 0 unspecified atom stereocenters. The average Bonchev–Trinajstić information content (AvgIpc) is 2.66. The van der Waals surface area contributed by atoms with Gasteiger partial charge in [0.1, 0.15) is 5.75 Å². The molecular weight excluding hydrogens is 342 g/mol. The Bertz CT molecular complexity index is 818. The highest BCUT2D eigenvalue weighted by Crippen LogP contribution is 2.11. The van der Waals surface area contributed by atoms with Crippen LogP contribution in [0, 0.1) is 11.8 Å². The molecule has 6 heteroatoms. The minimum atomic E-state index is -0.251. The van der Waals surface area contributed by atoms with Crippen LogP contribution in [0.3, 0.4) is 0 Å². The Morgan fingerprint density at radius 1 is 1.00 bits per heavy atom. The monoisotopic (exact) mass is 365 g/mol. The lowest BCUT2D eigenvalue weighted by Crippen LogP contribution is -2.36. The van der Waals surface area contributed by atoms with Gasteiger partial charge in [-0.1, -0.05) is 24.0 Å². The highest BCUT2D eigenvalue weighted by atomic mass is 16.5. The Labute approximate surface area is 159 Å². The molecule has 6 nitrogen and oxygen atoms in total. The third-order valence-electron chi connectivity index (χ3n) is 3.63. The Hall–Kier alpha value is -3.46. The van der Waals surface area contributed by atoms with Gasteiger partial charge in [0.05, 0.1) is 13.7 Å². The third-order valence-corrected chi connectivity index (χ3v) is 3.63. The predicted molar refractivity (Wildman–Crippen MR) is 106 cm³/mol. The second-order valence-corrected chi connectivity index (χ2v) is 5.77. The summed E-state index contributed by atoms with van der Waals surface area (Å²) in [5, 5.41) is 8.18. The first-order valence-corrected chi connectivity index (χ1v) is 8.58. The summed E-state index contributed by atoms with van der Waals surface area (Å²) in [5.41, 5.74) is 2.66. The maximum absolute atomic E-state index is 11.7. The lowest BCUT2D eigenvalue weighted by molar-refractivity contribution is -0.114. The first-order valence-electron chi connectivity index (χ1n) is 8.58. The van der Waals surface area contributed by atoms with Gasteiger partial charge >= 0.3 is 6.03 Å². The topological polar surface area (TPSA) is 79.5 Å². The zero-order valence-corrected chi connectivity index (χ0v) is 15.5. The fourth-order valence-electron chi connectivity index (χ4n) is 2.29. The van der Waals surface area contributed by atoms with Gasteiger partial charge in [0.25, 0.3) is 0 Å². The molecule has 2 aromatic carbocycles. The molecule has 0 saturated carbocycles. The van der Waals surface area contributed by atoms with E-state index in [9.17, 15) is 9.59 Å². The molecule has 0 atom stereocenters. The van der Waals surface area contributed by atoms with Gasteiger partial charge < -0.3 is 20.7 Å². The van der Waals surface area contributed by atoms with Crippen molar-refractivity contribution in [1.29, 1.82) is 0 Å². The SMILES string of the molecule is COc1ccc(CCNC(=O)NCC#Cc2ccc(NC(C)=O)cc2)cc1. The molecule has 0 aliphatic carbocycles. The van der Waals surface area contributed by atoms with E-state index >= 15 is 0 Å². The van der Waals surface area contributed by atoms with E-state index in [0.29, 0.717) is 6.54 Å². The summed E-state index contributed by atoms with van der Waals surface area (Å²) in [4.78, 5) is 22.7. The van der Waals surface area contributed by atoms with Gasteiger partial charge in [-0.05, 0) is 48.4 Å². The van der Waals surface area contributed by atoms with Crippen molar-refractivity contribution in [1.82, 2.24) is 10.6 Å². The molecular formula is C21H23N3O3. The van der Waals surface area contributed by atoms with Gasteiger partial charge in [-0.2, -0.15) is 0 Å². The molecule has 0 heterocycles. The molecule has 0 saturated heterocycles. The molecule has 27 heavy (non-hydrogen) atoms. The van der Waals surface area contributed by atoms with Crippen molar-refractivity contribution in [3.8, 4) is 17.6 Å². The van der Waals surface area contributed by atoms with Gasteiger partial charge in [0.2, 0.25) is 5.91 Å². The van der Waals surface area contributed by atoms with Crippen molar-refractivity contribution in [2.75, 3.05) is 25.5 Å². The number of rotatable bonds is 6. The van der Waals surface area contributed by atoms with E-state index in [0.717, 1.165) is 29.0 Å². The van der Waals surface area contributed by atoms with Crippen molar-refractivity contribution in [3.63, 3.8) is 0 Å². The lowest BCUT2D eigenvalue weighted by Gasteiger charge is -2.06. The fraction of sp³-hybridized carbons (Fsp3) is 0.238. The maximum atomic E-state index is 11.7. The predicted octanol–water partition coefficient (Wildman–Crippen LogP) is 2.55. The van der Waals surface area contributed by atoms with E-state index in [1.807, 2.05) is 36.4 Å². The molecule has 3 N–H and O–H groups in total. The number of anilines is 1. The Kier molecular flexibility index (Phi) is 7.73. The van der Waals surface area contributed by atoms with Crippen LogP contribution in [-0.4, -0.2) is 32.1 Å². The van der Waals surface area contributed by atoms with Gasteiger partial charge in [0, 0.05) is 24.7 Å². The van der Waals surface area contributed by atoms with E-state index in [2.05, 4.69) is 27.8 Å². The summed E-state index contributed by atoms with van der Waals surface area (Å²) >= 11 is 0. The van der Waals surface area contributed by atoms with E-state index in [-0.39, 0.29) is 18.5 Å². The molecule has 0 aliphatic heterocycles. The van der Waals surface area contributed by atoms with E-state index in [1.165, 1.54) is 6.92 Å². The minimum Gasteiger partial charge on any atom is -0.497 e. The molecule has 0 aliphatic rings. The third kappa shape index (κ3) is 7.53. The van der Waals surface area contributed by atoms with Crippen LogP contribution in [0.4, 0.5) is 10.5 Å². The Morgan fingerprint density at radius 3 is 2.33 bits per heavy atom. The van der Waals surface area contributed by atoms with Gasteiger partial charge in [-0.3, -0.25) is 4.79 Å². The molecule has 2 aromatic rings. The maximum Gasteiger partial charge on any atom is 0.315 e. The van der Waals surface area contributed by atoms with Crippen LogP contribution in [0.25, 0.3) is 0 Å². The van der Waals surface area contributed by atoms with Crippen molar-refractivity contribution in [3.05, 3.63) is 59.7 Å². The second-order valence-electron chi connectivity index (χ2n) is 5.77. The number of benzene rings is 2. The van der Waals surface area contributed by atoms with Crippen LogP contribution >= 0.6 is 0 Å². The highest BCUT2D eigenvalue weighted by Gasteiger charge is 1.99. The van der Waals surface area contributed by atoms with E-state index in [1.54, 1.807) is 19.2 Å². The molecule has 2 rings (SSSR count). The van der Waals surface area contributed by atoms with Crippen molar-refractivity contribution in [2.45, 2.75) is 13.3 Å². The zero-order valence-electron chi connectivity index (χ0n) is 15.5. The highest BCUT2D eigenvalue weighted by molar-refractivity contribution is 5.88. The van der Waals surface area contributed by atoms with Crippen LogP contribution in [0.15, 0.2) is 48.5 Å². The Balaban J connectivity index is 1.67. The van der Waals surface area contributed by atoms with Gasteiger partial charge in [-0.15, -0.1) is 0 Å². The van der Waals surface area contributed by atoms with Crippen LogP contribution < -0.4 is 20.7 Å². The lowest BCUT2D eigenvalue weighted by atomic mass is 10.1. The first-order chi connectivity index (χ1) is 13.1. The minimum absolute atomic E-state index is 0.115. The normalized spacial score (nSPS) is 9.56. The summed E-state index contributed by atoms with van der Waals surface area (Å²) < 4.78 is 5.11. The molecule has 0 aromatic heterocycles. The average molecular weight is 365 g/mol. The number of methoxy groups -OCH3 is 1.